The third kappa shape index (κ3) is 4.45. The van der Waals surface area contributed by atoms with Gasteiger partial charge < -0.3 is 19.4 Å². The van der Waals surface area contributed by atoms with Crippen LogP contribution >= 0.6 is 0 Å². The number of likely N-dealkylation sites (N-methyl/N-ethyl adjacent to an activating group) is 1. The highest BCUT2D eigenvalue weighted by atomic mass is 16.5. The summed E-state index contributed by atoms with van der Waals surface area (Å²) in [6, 6.07) is 7.00. The van der Waals surface area contributed by atoms with Gasteiger partial charge in [-0.05, 0) is 46.8 Å². The fraction of sp³-hybridized carbons (Fsp3) is 0.400. The van der Waals surface area contributed by atoms with E-state index in [9.17, 15) is 9.59 Å². The first kappa shape index (κ1) is 19.6. The van der Waals surface area contributed by atoms with Crippen LogP contribution in [-0.4, -0.2) is 36.4 Å². The Morgan fingerprint density at radius 1 is 1.12 bits per heavy atom. The van der Waals surface area contributed by atoms with Gasteiger partial charge in [0.2, 0.25) is 0 Å². The van der Waals surface area contributed by atoms with Crippen molar-refractivity contribution >= 4 is 17.5 Å². The van der Waals surface area contributed by atoms with Crippen LogP contribution < -0.4 is 10.1 Å². The zero-order chi connectivity index (χ0) is 19.3. The van der Waals surface area contributed by atoms with Crippen molar-refractivity contribution in [3.05, 3.63) is 46.9 Å². The summed E-state index contributed by atoms with van der Waals surface area (Å²) in [6.45, 7) is 10.6. The normalized spacial score (nSPS) is 10.5. The average molecular weight is 358 g/mol. The second-order valence-corrected chi connectivity index (χ2v) is 6.05. The van der Waals surface area contributed by atoms with E-state index in [2.05, 4.69) is 5.32 Å². The Kier molecular flexibility index (Phi) is 6.44. The fourth-order valence-corrected chi connectivity index (χ4v) is 2.80. The van der Waals surface area contributed by atoms with Gasteiger partial charge in [0, 0.05) is 30.4 Å². The van der Waals surface area contributed by atoms with Crippen molar-refractivity contribution in [2.75, 3.05) is 25.0 Å². The van der Waals surface area contributed by atoms with Gasteiger partial charge in [0.05, 0.1) is 5.56 Å². The molecule has 2 amide bonds. The summed E-state index contributed by atoms with van der Waals surface area (Å²) in [5, 5.41) is 2.85. The highest BCUT2D eigenvalue weighted by Crippen LogP contribution is 2.23. The van der Waals surface area contributed by atoms with Gasteiger partial charge in [0.25, 0.3) is 11.8 Å². The number of ether oxygens (including phenoxy) is 1. The SMILES string of the molecule is CCN(CC)C(=O)COc1cccc(NC(=O)c2c(C)oc(C)c2C)c1. The van der Waals surface area contributed by atoms with E-state index in [-0.39, 0.29) is 18.4 Å². The Morgan fingerprint density at radius 2 is 1.81 bits per heavy atom. The lowest BCUT2D eigenvalue weighted by Gasteiger charge is -2.18. The zero-order valence-corrected chi connectivity index (χ0v) is 16.0. The van der Waals surface area contributed by atoms with Crippen LogP contribution in [0.2, 0.25) is 0 Å². The highest BCUT2D eigenvalue weighted by Gasteiger charge is 2.18. The molecule has 0 unspecified atom stereocenters. The number of aryl methyl sites for hydroxylation is 2. The molecule has 2 rings (SSSR count). The molecule has 2 aromatic rings. The van der Waals surface area contributed by atoms with Gasteiger partial charge in [0.1, 0.15) is 17.3 Å². The lowest BCUT2D eigenvalue weighted by molar-refractivity contribution is -0.132. The van der Waals surface area contributed by atoms with Gasteiger partial charge in [-0.1, -0.05) is 6.07 Å². The molecule has 0 saturated carbocycles. The minimum absolute atomic E-state index is 0.0295. The van der Waals surface area contributed by atoms with Gasteiger partial charge >= 0.3 is 0 Å². The van der Waals surface area contributed by atoms with Gasteiger partial charge in [-0.25, -0.2) is 0 Å². The summed E-state index contributed by atoms with van der Waals surface area (Å²) < 4.78 is 11.1. The second-order valence-electron chi connectivity index (χ2n) is 6.05. The molecule has 1 heterocycles. The van der Waals surface area contributed by atoms with Gasteiger partial charge in [-0.15, -0.1) is 0 Å². The predicted molar refractivity (Wildman–Crippen MR) is 101 cm³/mol. The summed E-state index contributed by atoms with van der Waals surface area (Å²) in [5.74, 6) is 1.56. The Morgan fingerprint density at radius 3 is 2.38 bits per heavy atom. The second kappa shape index (κ2) is 8.56. The lowest BCUT2D eigenvalue weighted by Crippen LogP contribution is -2.34. The van der Waals surface area contributed by atoms with E-state index in [4.69, 9.17) is 9.15 Å². The molecule has 6 nitrogen and oxygen atoms in total. The topological polar surface area (TPSA) is 71.8 Å². The summed E-state index contributed by atoms with van der Waals surface area (Å²) in [5.41, 5.74) is 1.98. The molecule has 26 heavy (non-hydrogen) atoms. The average Bonchev–Trinajstić information content (AvgIpc) is 2.86. The van der Waals surface area contributed by atoms with Crippen molar-refractivity contribution in [1.82, 2.24) is 4.90 Å². The number of carbonyl (C=O) groups excluding carboxylic acids is 2. The van der Waals surface area contributed by atoms with Crippen LogP contribution in [0.25, 0.3) is 0 Å². The number of rotatable bonds is 7. The largest absolute Gasteiger partial charge is 0.484 e. The minimum atomic E-state index is -0.229. The molecule has 0 bridgehead atoms. The smallest absolute Gasteiger partial charge is 0.260 e. The maximum Gasteiger partial charge on any atom is 0.260 e. The molecule has 0 atom stereocenters. The maximum absolute atomic E-state index is 12.5. The molecule has 0 spiro atoms. The van der Waals surface area contributed by atoms with Crippen molar-refractivity contribution in [2.24, 2.45) is 0 Å². The van der Waals surface area contributed by atoms with E-state index < -0.39 is 0 Å². The van der Waals surface area contributed by atoms with Crippen LogP contribution in [0.4, 0.5) is 5.69 Å². The first-order valence-electron chi connectivity index (χ1n) is 8.75. The quantitative estimate of drug-likeness (QED) is 0.819. The molecule has 1 N–H and O–H groups in total. The van der Waals surface area contributed by atoms with Gasteiger partial charge in [-0.2, -0.15) is 0 Å². The Labute approximate surface area is 154 Å². The van der Waals surface area contributed by atoms with E-state index in [1.165, 1.54) is 0 Å². The standard InChI is InChI=1S/C20H26N2O4/c1-6-22(7-2)18(23)12-25-17-10-8-9-16(11-17)21-20(24)19-13(3)14(4)26-15(19)5/h8-11H,6-7,12H2,1-5H3,(H,21,24). The molecule has 0 aliphatic rings. The Hall–Kier alpha value is -2.76. The molecule has 0 aliphatic carbocycles. The molecule has 0 saturated heterocycles. The van der Waals surface area contributed by atoms with Gasteiger partial charge in [0.15, 0.2) is 6.61 Å². The monoisotopic (exact) mass is 358 g/mol. The van der Waals surface area contributed by atoms with Crippen molar-refractivity contribution in [2.45, 2.75) is 34.6 Å². The van der Waals surface area contributed by atoms with Crippen LogP contribution in [0.1, 0.15) is 41.3 Å². The van der Waals surface area contributed by atoms with Gasteiger partial charge in [-0.3, -0.25) is 9.59 Å². The number of hydrogen-bond donors (Lipinski definition) is 1. The zero-order valence-electron chi connectivity index (χ0n) is 16.0. The summed E-state index contributed by atoms with van der Waals surface area (Å²) in [7, 11) is 0. The van der Waals surface area contributed by atoms with Crippen LogP contribution in [0.15, 0.2) is 28.7 Å². The molecule has 1 aromatic carbocycles. The minimum Gasteiger partial charge on any atom is -0.484 e. The van der Waals surface area contributed by atoms with Crippen LogP contribution in [-0.2, 0) is 4.79 Å². The van der Waals surface area contributed by atoms with E-state index in [1.807, 2.05) is 27.7 Å². The van der Waals surface area contributed by atoms with Crippen LogP contribution in [0.3, 0.4) is 0 Å². The maximum atomic E-state index is 12.5. The number of anilines is 1. The first-order valence-corrected chi connectivity index (χ1v) is 8.75. The third-order valence-corrected chi connectivity index (χ3v) is 4.36. The number of hydrogen-bond acceptors (Lipinski definition) is 4. The van der Waals surface area contributed by atoms with Crippen molar-refractivity contribution < 1.29 is 18.7 Å². The number of carbonyl (C=O) groups is 2. The molecule has 0 radical (unpaired) electrons. The summed E-state index contributed by atoms with van der Waals surface area (Å²) >= 11 is 0. The molecular weight excluding hydrogens is 332 g/mol. The van der Waals surface area contributed by atoms with Crippen molar-refractivity contribution in [3.63, 3.8) is 0 Å². The Balaban J connectivity index is 2.05. The predicted octanol–water partition coefficient (Wildman–Crippen LogP) is 3.70. The molecule has 6 heteroatoms. The number of benzene rings is 1. The molecule has 0 aliphatic heterocycles. The van der Waals surface area contributed by atoms with E-state index in [1.54, 1.807) is 36.1 Å². The molecule has 140 valence electrons. The van der Waals surface area contributed by atoms with Crippen LogP contribution in [0, 0.1) is 20.8 Å². The number of nitrogens with one attached hydrogen (secondary N) is 1. The number of amides is 2. The van der Waals surface area contributed by atoms with E-state index in [0.29, 0.717) is 35.9 Å². The summed E-state index contributed by atoms with van der Waals surface area (Å²) in [4.78, 5) is 26.3. The summed E-state index contributed by atoms with van der Waals surface area (Å²) in [6.07, 6.45) is 0. The fourth-order valence-electron chi connectivity index (χ4n) is 2.80. The molecule has 1 aromatic heterocycles. The Bertz CT molecular complexity index is 791. The van der Waals surface area contributed by atoms with Crippen molar-refractivity contribution in [3.8, 4) is 5.75 Å². The van der Waals surface area contributed by atoms with Crippen molar-refractivity contribution in [1.29, 1.82) is 0 Å². The van der Waals surface area contributed by atoms with E-state index in [0.717, 1.165) is 11.3 Å². The number of nitrogens with zero attached hydrogens (tertiary/aromatic N) is 1. The molecular formula is C20H26N2O4. The first-order chi connectivity index (χ1) is 12.4. The van der Waals surface area contributed by atoms with Crippen LogP contribution in [0.5, 0.6) is 5.75 Å². The molecule has 0 fully saturated rings. The number of furan rings is 1. The lowest BCUT2D eigenvalue weighted by atomic mass is 10.1. The van der Waals surface area contributed by atoms with E-state index >= 15 is 0 Å². The third-order valence-electron chi connectivity index (χ3n) is 4.36. The highest BCUT2D eigenvalue weighted by molar-refractivity contribution is 6.06.